The molecule has 0 heterocycles. The maximum absolute atomic E-state index is 13.8. The number of rotatable bonds is 3. The van der Waals surface area contributed by atoms with Crippen LogP contribution in [0.5, 0.6) is 5.75 Å². The molecule has 0 saturated carbocycles. The molecule has 0 bridgehead atoms. The highest BCUT2D eigenvalue weighted by Gasteiger charge is 2.15. The molecule has 2 aromatic rings. The van der Waals surface area contributed by atoms with Crippen LogP contribution in [-0.4, -0.2) is 0 Å². The molecule has 0 saturated heterocycles. The number of anilines is 1. The van der Waals surface area contributed by atoms with E-state index in [2.05, 4.69) is 31.9 Å². The molecule has 0 unspecified atom stereocenters. The minimum absolute atomic E-state index is 0.0349. The molecular formula is C13H8Br2F3NO. The molecular weight excluding hydrogens is 403 g/mol. The van der Waals surface area contributed by atoms with Crippen molar-refractivity contribution in [2.75, 3.05) is 5.73 Å². The Labute approximate surface area is 130 Å². The molecule has 2 N–H and O–H groups in total. The first-order valence-corrected chi connectivity index (χ1v) is 6.98. The van der Waals surface area contributed by atoms with Crippen LogP contribution >= 0.6 is 31.9 Å². The lowest BCUT2D eigenvalue weighted by atomic mass is 10.2. The molecule has 0 aliphatic heterocycles. The number of ether oxygens (including phenoxy) is 1. The summed E-state index contributed by atoms with van der Waals surface area (Å²) in [5.74, 6) is -1.89. The van der Waals surface area contributed by atoms with Gasteiger partial charge in [-0.25, -0.2) is 13.2 Å². The summed E-state index contributed by atoms with van der Waals surface area (Å²) in [5.41, 5.74) is 5.39. The van der Waals surface area contributed by atoms with Gasteiger partial charge in [-0.1, -0.05) is 0 Å². The van der Waals surface area contributed by atoms with Gasteiger partial charge in [0.2, 0.25) is 0 Å². The van der Waals surface area contributed by atoms with E-state index in [1.165, 1.54) is 6.07 Å². The molecule has 7 heteroatoms. The second kappa shape index (κ2) is 6.05. The summed E-state index contributed by atoms with van der Waals surface area (Å²) in [6.45, 7) is -0.370. The number of nitrogens with two attached hydrogens (primary N) is 1. The second-order valence-corrected chi connectivity index (χ2v) is 5.63. The minimum Gasteiger partial charge on any atom is -0.485 e. The van der Waals surface area contributed by atoms with Crippen LogP contribution in [0.4, 0.5) is 18.9 Å². The number of benzene rings is 2. The van der Waals surface area contributed by atoms with Gasteiger partial charge in [-0.15, -0.1) is 0 Å². The van der Waals surface area contributed by atoms with Crippen molar-refractivity contribution < 1.29 is 17.9 Å². The topological polar surface area (TPSA) is 35.2 Å². The van der Waals surface area contributed by atoms with Gasteiger partial charge in [-0.05, 0) is 50.1 Å². The van der Waals surface area contributed by atoms with Crippen molar-refractivity contribution in [3.8, 4) is 5.75 Å². The van der Waals surface area contributed by atoms with E-state index in [0.717, 1.165) is 18.2 Å². The Kier molecular flexibility index (Phi) is 4.59. The van der Waals surface area contributed by atoms with Crippen LogP contribution in [0.15, 0.2) is 33.2 Å². The van der Waals surface area contributed by atoms with Gasteiger partial charge in [-0.2, -0.15) is 0 Å². The monoisotopic (exact) mass is 409 g/mol. The van der Waals surface area contributed by atoms with Gasteiger partial charge < -0.3 is 10.5 Å². The predicted molar refractivity (Wildman–Crippen MR) is 76.9 cm³/mol. The number of halogens is 5. The van der Waals surface area contributed by atoms with E-state index < -0.39 is 17.5 Å². The fourth-order valence-corrected chi connectivity index (χ4v) is 2.51. The molecule has 2 nitrogen and oxygen atoms in total. The fraction of sp³-hybridized carbons (Fsp3) is 0.0769. The largest absolute Gasteiger partial charge is 0.485 e. The van der Waals surface area contributed by atoms with Gasteiger partial charge in [0.1, 0.15) is 24.1 Å². The summed E-state index contributed by atoms with van der Waals surface area (Å²) in [5, 5.41) is 0. The predicted octanol–water partition coefficient (Wildman–Crippen LogP) is 4.79. The highest BCUT2D eigenvalue weighted by Crippen LogP contribution is 2.33. The molecule has 2 rings (SSSR count). The average molecular weight is 411 g/mol. The lowest BCUT2D eigenvalue weighted by molar-refractivity contribution is 0.291. The van der Waals surface area contributed by atoms with Crippen LogP contribution in [0.2, 0.25) is 0 Å². The van der Waals surface area contributed by atoms with Crippen LogP contribution in [0.25, 0.3) is 0 Å². The third-order valence-corrected chi connectivity index (χ3v) is 3.74. The van der Waals surface area contributed by atoms with Crippen LogP contribution in [0.1, 0.15) is 5.56 Å². The first-order chi connectivity index (χ1) is 9.40. The van der Waals surface area contributed by atoms with Crippen molar-refractivity contribution >= 4 is 37.5 Å². The SMILES string of the molecule is Nc1cc(F)cc(Br)c1OCc1c(F)ccc(Br)c1F. The van der Waals surface area contributed by atoms with Crippen molar-refractivity contribution in [2.24, 2.45) is 0 Å². The van der Waals surface area contributed by atoms with Gasteiger partial charge >= 0.3 is 0 Å². The smallest absolute Gasteiger partial charge is 0.157 e. The van der Waals surface area contributed by atoms with Gasteiger partial charge in [-0.3, -0.25) is 0 Å². The Balaban J connectivity index is 2.28. The van der Waals surface area contributed by atoms with E-state index in [9.17, 15) is 13.2 Å². The molecule has 0 amide bonds. The Bertz CT molecular complexity index is 641. The Morgan fingerprint density at radius 3 is 2.40 bits per heavy atom. The summed E-state index contributed by atoms with van der Waals surface area (Å²) in [6, 6.07) is 4.60. The third-order valence-electron chi connectivity index (χ3n) is 2.54. The number of hydrogen-bond donors (Lipinski definition) is 1. The molecule has 106 valence electrons. The second-order valence-electron chi connectivity index (χ2n) is 3.92. The van der Waals surface area contributed by atoms with E-state index >= 15 is 0 Å². The van der Waals surface area contributed by atoms with Crippen molar-refractivity contribution in [2.45, 2.75) is 6.61 Å². The van der Waals surface area contributed by atoms with E-state index in [0.29, 0.717) is 0 Å². The summed E-state index contributed by atoms with van der Waals surface area (Å²) in [7, 11) is 0. The third kappa shape index (κ3) is 3.09. The van der Waals surface area contributed by atoms with E-state index in [1.54, 1.807) is 0 Å². The molecule has 0 fully saturated rings. The molecule has 0 atom stereocenters. The average Bonchev–Trinajstić information content (AvgIpc) is 2.36. The maximum atomic E-state index is 13.8. The first kappa shape index (κ1) is 15.2. The zero-order valence-corrected chi connectivity index (χ0v) is 13.1. The quantitative estimate of drug-likeness (QED) is 0.583. The standard InChI is InChI=1S/C13H8Br2F3NO/c14-8-1-2-10(17)7(12(8)18)5-20-13-9(15)3-6(16)4-11(13)19/h1-4H,5,19H2. The van der Waals surface area contributed by atoms with Crippen LogP contribution in [-0.2, 0) is 6.61 Å². The van der Waals surface area contributed by atoms with Crippen molar-refractivity contribution in [1.82, 2.24) is 0 Å². The zero-order valence-electron chi connectivity index (χ0n) is 9.89. The molecule has 2 aromatic carbocycles. The normalized spacial score (nSPS) is 10.7. The van der Waals surface area contributed by atoms with Gasteiger partial charge in [0.25, 0.3) is 0 Å². The van der Waals surface area contributed by atoms with Crippen LogP contribution in [0, 0.1) is 17.5 Å². The molecule has 0 radical (unpaired) electrons. The summed E-state index contributed by atoms with van der Waals surface area (Å²) < 4.78 is 46.1. The summed E-state index contributed by atoms with van der Waals surface area (Å²) >= 11 is 6.05. The molecule has 20 heavy (non-hydrogen) atoms. The summed E-state index contributed by atoms with van der Waals surface area (Å²) in [6.07, 6.45) is 0. The lowest BCUT2D eigenvalue weighted by Gasteiger charge is -2.12. The molecule has 0 aromatic heterocycles. The van der Waals surface area contributed by atoms with Crippen LogP contribution in [0.3, 0.4) is 0 Å². The van der Waals surface area contributed by atoms with Crippen molar-refractivity contribution in [1.29, 1.82) is 0 Å². The van der Waals surface area contributed by atoms with Crippen molar-refractivity contribution in [3.63, 3.8) is 0 Å². The van der Waals surface area contributed by atoms with Crippen LogP contribution < -0.4 is 10.5 Å². The Morgan fingerprint density at radius 1 is 1.05 bits per heavy atom. The fourth-order valence-electron chi connectivity index (χ4n) is 1.58. The Hall–Kier alpha value is -1.21. The zero-order chi connectivity index (χ0) is 14.9. The highest BCUT2D eigenvalue weighted by molar-refractivity contribution is 9.10. The lowest BCUT2D eigenvalue weighted by Crippen LogP contribution is -2.05. The van der Waals surface area contributed by atoms with Gasteiger partial charge in [0, 0.05) is 6.07 Å². The molecule has 0 aliphatic carbocycles. The molecule has 0 spiro atoms. The first-order valence-electron chi connectivity index (χ1n) is 5.40. The van der Waals surface area contributed by atoms with Gasteiger partial charge in [0.15, 0.2) is 5.75 Å². The van der Waals surface area contributed by atoms with Crippen molar-refractivity contribution in [3.05, 3.63) is 56.2 Å². The van der Waals surface area contributed by atoms with Gasteiger partial charge in [0.05, 0.1) is 20.2 Å². The highest BCUT2D eigenvalue weighted by atomic mass is 79.9. The number of hydrogen-bond acceptors (Lipinski definition) is 2. The van der Waals surface area contributed by atoms with E-state index in [4.69, 9.17) is 10.5 Å². The minimum atomic E-state index is -0.748. The molecule has 0 aliphatic rings. The Morgan fingerprint density at radius 2 is 1.75 bits per heavy atom. The van der Waals surface area contributed by atoms with E-state index in [1.807, 2.05) is 0 Å². The van der Waals surface area contributed by atoms with E-state index in [-0.39, 0.29) is 32.6 Å². The maximum Gasteiger partial charge on any atom is 0.157 e. The summed E-state index contributed by atoms with van der Waals surface area (Å²) in [4.78, 5) is 0. The number of nitrogen functional groups attached to an aromatic ring is 1.